The van der Waals surface area contributed by atoms with E-state index < -0.39 is 0 Å². The molecule has 2 fully saturated rings. The average molecular weight is 356 g/mol. The fourth-order valence-electron chi connectivity index (χ4n) is 6.59. The molecule has 0 amide bonds. The number of fused-ring (bicyclic) bond motifs is 5. The highest BCUT2D eigenvalue weighted by Crippen LogP contribution is 2.62. The van der Waals surface area contributed by atoms with Crippen LogP contribution in [0.5, 0.6) is 5.75 Å². The highest BCUT2D eigenvalue weighted by Gasteiger charge is 2.59. The Bertz CT molecular complexity index is 699. The fourth-order valence-corrected chi connectivity index (χ4v) is 6.59. The molecule has 26 heavy (non-hydrogen) atoms. The Morgan fingerprint density at radius 3 is 2.88 bits per heavy atom. The van der Waals surface area contributed by atoms with E-state index in [4.69, 9.17) is 10.5 Å². The van der Waals surface area contributed by atoms with E-state index in [0.29, 0.717) is 35.9 Å². The molecule has 1 aromatic rings. The molecule has 0 aromatic heterocycles. The van der Waals surface area contributed by atoms with E-state index in [1.165, 1.54) is 17.5 Å². The molecule has 142 valence electrons. The number of ketones is 1. The van der Waals surface area contributed by atoms with Crippen molar-refractivity contribution in [2.75, 3.05) is 7.11 Å². The zero-order chi connectivity index (χ0) is 18.5. The van der Waals surface area contributed by atoms with Gasteiger partial charge in [-0.2, -0.15) is 0 Å². The highest BCUT2D eigenvalue weighted by atomic mass is 16.5. The number of hydrogen-bond acceptors (Lipinski definition) is 3. The van der Waals surface area contributed by atoms with Crippen molar-refractivity contribution in [3.05, 3.63) is 29.3 Å². The predicted molar refractivity (Wildman–Crippen MR) is 104 cm³/mol. The van der Waals surface area contributed by atoms with Gasteiger partial charge in [-0.25, -0.2) is 0 Å². The van der Waals surface area contributed by atoms with Gasteiger partial charge in [-0.05, 0) is 79.0 Å². The summed E-state index contributed by atoms with van der Waals surface area (Å²) < 4.78 is 5.43. The Morgan fingerprint density at radius 1 is 1.35 bits per heavy atom. The minimum absolute atomic E-state index is 0.138. The fraction of sp³-hybridized carbons (Fsp3) is 0.696. The van der Waals surface area contributed by atoms with Gasteiger partial charge in [0.2, 0.25) is 0 Å². The molecule has 3 aliphatic rings. The Kier molecular flexibility index (Phi) is 4.63. The first-order valence-corrected chi connectivity index (χ1v) is 10.4. The molecule has 6 atom stereocenters. The third-order valence-electron chi connectivity index (χ3n) is 7.88. The quantitative estimate of drug-likeness (QED) is 0.867. The van der Waals surface area contributed by atoms with Gasteiger partial charge in [0.15, 0.2) is 0 Å². The second kappa shape index (κ2) is 6.67. The number of hydrogen-bond donors (Lipinski definition) is 1. The minimum Gasteiger partial charge on any atom is -0.497 e. The number of aryl methyl sites for hydroxylation is 1. The van der Waals surface area contributed by atoms with Crippen LogP contribution in [0, 0.1) is 23.2 Å². The minimum atomic E-state index is -0.138. The lowest BCUT2D eigenvalue weighted by Crippen LogP contribution is -2.47. The van der Waals surface area contributed by atoms with Crippen molar-refractivity contribution in [3.8, 4) is 5.75 Å². The van der Waals surface area contributed by atoms with E-state index in [1.54, 1.807) is 7.11 Å². The van der Waals surface area contributed by atoms with Crippen molar-refractivity contribution in [2.45, 2.75) is 70.8 Å². The lowest BCUT2D eigenvalue weighted by atomic mass is 9.53. The number of Topliss-reactive ketones (excluding diaryl/α,β-unsaturated/α-hetero) is 1. The van der Waals surface area contributed by atoms with E-state index in [0.717, 1.165) is 37.9 Å². The Hall–Kier alpha value is -1.35. The van der Waals surface area contributed by atoms with Crippen LogP contribution in [-0.2, 0) is 11.2 Å². The third kappa shape index (κ3) is 2.62. The van der Waals surface area contributed by atoms with Crippen LogP contribution in [0.15, 0.2) is 18.2 Å². The van der Waals surface area contributed by atoms with Crippen molar-refractivity contribution in [2.24, 2.45) is 28.9 Å². The maximum absolute atomic E-state index is 13.0. The summed E-state index contributed by atoms with van der Waals surface area (Å²) in [7, 11) is 1.74. The van der Waals surface area contributed by atoms with Crippen LogP contribution in [0.3, 0.4) is 0 Å². The van der Waals surface area contributed by atoms with Gasteiger partial charge >= 0.3 is 0 Å². The highest BCUT2D eigenvalue weighted by molar-refractivity contribution is 5.88. The molecule has 3 heteroatoms. The molecule has 3 nitrogen and oxygen atoms in total. The molecule has 0 spiro atoms. The van der Waals surface area contributed by atoms with Gasteiger partial charge in [-0.3, -0.25) is 4.79 Å². The number of ether oxygens (including phenoxy) is 1. The number of nitrogens with two attached hydrogens (primary N) is 1. The molecule has 0 heterocycles. The van der Waals surface area contributed by atoms with Crippen molar-refractivity contribution in [1.29, 1.82) is 0 Å². The molecule has 2 N–H and O–H groups in total. The van der Waals surface area contributed by atoms with Gasteiger partial charge in [0.1, 0.15) is 11.5 Å². The van der Waals surface area contributed by atoms with Crippen molar-refractivity contribution in [1.82, 2.24) is 0 Å². The third-order valence-corrected chi connectivity index (χ3v) is 7.88. The van der Waals surface area contributed by atoms with E-state index in [9.17, 15) is 4.79 Å². The van der Waals surface area contributed by atoms with E-state index in [2.05, 4.69) is 32.0 Å². The molecule has 0 radical (unpaired) electrons. The van der Waals surface area contributed by atoms with E-state index in [1.807, 2.05) is 0 Å². The number of carbonyl (C=O) groups is 1. The summed E-state index contributed by atoms with van der Waals surface area (Å²) in [5.41, 5.74) is 9.42. The van der Waals surface area contributed by atoms with Gasteiger partial charge in [-0.1, -0.05) is 26.3 Å². The molecule has 1 unspecified atom stereocenters. The summed E-state index contributed by atoms with van der Waals surface area (Å²) in [6, 6.07) is 6.78. The second-order valence-electron chi connectivity index (χ2n) is 9.10. The Balaban J connectivity index is 1.69. The smallest absolute Gasteiger partial charge is 0.139 e. The summed E-state index contributed by atoms with van der Waals surface area (Å²) in [5, 5.41) is 0. The van der Waals surface area contributed by atoms with Gasteiger partial charge in [0, 0.05) is 17.9 Å². The lowest BCUT2D eigenvalue weighted by Gasteiger charge is -2.50. The van der Waals surface area contributed by atoms with Crippen LogP contribution < -0.4 is 10.5 Å². The van der Waals surface area contributed by atoms with Gasteiger partial charge < -0.3 is 10.5 Å². The number of methoxy groups -OCH3 is 1. The first kappa shape index (κ1) is 18.0. The van der Waals surface area contributed by atoms with Crippen LogP contribution in [0.1, 0.15) is 69.4 Å². The molecular formula is C23H33NO2. The van der Waals surface area contributed by atoms with Gasteiger partial charge in [0.25, 0.3) is 0 Å². The van der Waals surface area contributed by atoms with Crippen LogP contribution in [0.4, 0.5) is 0 Å². The summed E-state index contributed by atoms with van der Waals surface area (Å²) in [6.07, 6.45) is 7.30. The van der Waals surface area contributed by atoms with Crippen LogP contribution in [-0.4, -0.2) is 18.9 Å². The largest absolute Gasteiger partial charge is 0.497 e. The standard InChI is InChI=1S/C23H33NO2/c1-4-5-20(24)19-13-21(25)23(2)11-10-17-16-9-7-15(26-3)12-14(16)6-8-18(17)22(19)23/h7,9,12,17-20,22H,4-6,8,10-11,13,24H2,1-3H3/t17-,18-,19+,20?,22-,23-/m1/s1. The van der Waals surface area contributed by atoms with Crippen LogP contribution in [0.25, 0.3) is 0 Å². The first-order chi connectivity index (χ1) is 12.5. The number of rotatable bonds is 4. The molecular weight excluding hydrogens is 322 g/mol. The average Bonchev–Trinajstić information content (AvgIpc) is 2.92. The Labute approximate surface area is 157 Å². The molecule has 1 aromatic carbocycles. The van der Waals surface area contributed by atoms with Crippen molar-refractivity contribution >= 4 is 5.78 Å². The molecule has 3 aliphatic carbocycles. The SMILES string of the molecule is CCCC(N)[C@@H]1CC(=O)[C@@]2(C)CC[C@@H]3c4ccc(OC)cc4CC[C@H]3[C@H]12. The summed E-state index contributed by atoms with van der Waals surface area (Å²) in [5.74, 6) is 3.48. The Morgan fingerprint density at radius 2 is 2.15 bits per heavy atom. The van der Waals surface area contributed by atoms with Crippen molar-refractivity contribution < 1.29 is 9.53 Å². The zero-order valence-electron chi connectivity index (χ0n) is 16.5. The molecule has 4 rings (SSSR count). The van der Waals surface area contributed by atoms with E-state index in [-0.39, 0.29) is 11.5 Å². The number of carbonyl (C=O) groups excluding carboxylic acids is 1. The predicted octanol–water partition coefficient (Wildman–Crippen LogP) is 4.47. The number of benzene rings is 1. The molecule has 0 saturated heterocycles. The van der Waals surface area contributed by atoms with Gasteiger partial charge in [0.05, 0.1) is 7.11 Å². The summed E-state index contributed by atoms with van der Waals surface area (Å²) in [6.45, 7) is 4.45. The topological polar surface area (TPSA) is 52.3 Å². The maximum atomic E-state index is 13.0. The first-order valence-electron chi connectivity index (χ1n) is 10.4. The monoisotopic (exact) mass is 355 g/mol. The molecule has 0 bridgehead atoms. The summed E-state index contributed by atoms with van der Waals surface area (Å²) in [4.78, 5) is 13.0. The summed E-state index contributed by atoms with van der Waals surface area (Å²) >= 11 is 0. The zero-order valence-corrected chi connectivity index (χ0v) is 16.5. The van der Waals surface area contributed by atoms with Crippen LogP contribution in [0.2, 0.25) is 0 Å². The molecule has 0 aliphatic heterocycles. The van der Waals surface area contributed by atoms with Gasteiger partial charge in [-0.15, -0.1) is 0 Å². The lowest BCUT2D eigenvalue weighted by molar-refractivity contribution is -0.129. The van der Waals surface area contributed by atoms with Crippen molar-refractivity contribution in [3.63, 3.8) is 0 Å². The van der Waals surface area contributed by atoms with E-state index >= 15 is 0 Å². The molecule has 2 saturated carbocycles. The normalized spacial score (nSPS) is 36.8. The van der Waals surface area contributed by atoms with Crippen LogP contribution >= 0.6 is 0 Å². The second-order valence-corrected chi connectivity index (χ2v) is 9.10. The maximum Gasteiger partial charge on any atom is 0.139 e.